The van der Waals surface area contributed by atoms with Crippen LogP contribution in [-0.2, 0) is 0 Å². The Labute approximate surface area is 150 Å². The highest BCUT2D eigenvalue weighted by atomic mass is 16.5. The number of benzene rings is 2. The van der Waals surface area contributed by atoms with Gasteiger partial charge in [-0.1, -0.05) is 30.3 Å². The van der Waals surface area contributed by atoms with Gasteiger partial charge < -0.3 is 19.8 Å². The zero-order chi connectivity index (χ0) is 18.5. The number of carbonyl (C=O) groups excluding carboxylic acids is 1. The molecule has 2 N–H and O–H groups in total. The summed E-state index contributed by atoms with van der Waals surface area (Å²) in [7, 11) is 3.04. The minimum atomic E-state index is -0.502. The fourth-order valence-corrected chi connectivity index (χ4v) is 2.55. The molecule has 3 aromatic rings. The molecule has 2 aromatic carbocycles. The first-order valence-electron chi connectivity index (χ1n) is 7.94. The molecule has 1 aromatic heterocycles. The van der Waals surface area contributed by atoms with Crippen molar-refractivity contribution < 1.29 is 14.3 Å². The van der Waals surface area contributed by atoms with Crippen molar-refractivity contribution in [2.75, 3.05) is 19.5 Å². The van der Waals surface area contributed by atoms with Gasteiger partial charge in [0.2, 0.25) is 0 Å². The number of anilines is 1. The van der Waals surface area contributed by atoms with Crippen molar-refractivity contribution in [3.63, 3.8) is 0 Å². The van der Waals surface area contributed by atoms with Crippen LogP contribution < -0.4 is 20.3 Å². The number of carbonyl (C=O) groups is 1. The van der Waals surface area contributed by atoms with E-state index in [2.05, 4.69) is 10.3 Å². The van der Waals surface area contributed by atoms with Gasteiger partial charge in [-0.05, 0) is 29.8 Å². The number of rotatable bonds is 5. The minimum absolute atomic E-state index is 0.0273. The number of amides is 1. The average molecular weight is 350 g/mol. The second-order valence-corrected chi connectivity index (χ2v) is 5.50. The van der Waals surface area contributed by atoms with E-state index in [4.69, 9.17) is 9.47 Å². The Morgan fingerprint density at radius 3 is 2.31 bits per heavy atom. The van der Waals surface area contributed by atoms with Crippen LogP contribution in [0.4, 0.5) is 5.69 Å². The molecule has 0 aliphatic heterocycles. The molecule has 0 bridgehead atoms. The number of methoxy groups -OCH3 is 2. The van der Waals surface area contributed by atoms with Gasteiger partial charge >= 0.3 is 0 Å². The van der Waals surface area contributed by atoms with E-state index in [-0.39, 0.29) is 5.56 Å². The molecule has 6 heteroatoms. The van der Waals surface area contributed by atoms with Gasteiger partial charge in [-0.3, -0.25) is 9.59 Å². The van der Waals surface area contributed by atoms with Gasteiger partial charge in [0.1, 0.15) is 5.56 Å². The molecule has 0 aliphatic rings. The third-order valence-electron chi connectivity index (χ3n) is 3.88. The van der Waals surface area contributed by atoms with E-state index in [0.717, 1.165) is 5.56 Å². The maximum atomic E-state index is 12.4. The average Bonchev–Trinajstić information content (AvgIpc) is 2.68. The van der Waals surface area contributed by atoms with E-state index >= 15 is 0 Å². The van der Waals surface area contributed by atoms with E-state index in [1.54, 1.807) is 24.3 Å². The van der Waals surface area contributed by atoms with Crippen molar-refractivity contribution >= 4 is 11.6 Å². The molecular formula is C20H18N2O4. The van der Waals surface area contributed by atoms with Crippen LogP contribution in [-0.4, -0.2) is 25.1 Å². The summed E-state index contributed by atoms with van der Waals surface area (Å²) in [6.45, 7) is 0. The van der Waals surface area contributed by atoms with Crippen LogP contribution in [0.2, 0.25) is 0 Å². The lowest BCUT2D eigenvalue weighted by Crippen LogP contribution is -2.23. The van der Waals surface area contributed by atoms with Crippen LogP contribution in [0.3, 0.4) is 0 Å². The summed E-state index contributed by atoms with van der Waals surface area (Å²) in [6.07, 6.45) is 0. The van der Waals surface area contributed by atoms with E-state index in [1.165, 1.54) is 20.3 Å². The fourth-order valence-electron chi connectivity index (χ4n) is 2.55. The van der Waals surface area contributed by atoms with Gasteiger partial charge in [0, 0.05) is 17.4 Å². The molecule has 1 amide bonds. The molecule has 0 saturated carbocycles. The van der Waals surface area contributed by atoms with E-state index in [9.17, 15) is 9.59 Å². The van der Waals surface area contributed by atoms with Crippen LogP contribution >= 0.6 is 0 Å². The van der Waals surface area contributed by atoms with Gasteiger partial charge in [-0.25, -0.2) is 0 Å². The van der Waals surface area contributed by atoms with Crippen molar-refractivity contribution in [3.8, 4) is 22.8 Å². The zero-order valence-corrected chi connectivity index (χ0v) is 14.4. The van der Waals surface area contributed by atoms with Crippen LogP contribution in [0.25, 0.3) is 11.3 Å². The van der Waals surface area contributed by atoms with Gasteiger partial charge in [0.15, 0.2) is 11.5 Å². The van der Waals surface area contributed by atoms with E-state index < -0.39 is 11.5 Å². The highest BCUT2D eigenvalue weighted by molar-refractivity contribution is 6.04. The lowest BCUT2D eigenvalue weighted by Gasteiger charge is -2.10. The third kappa shape index (κ3) is 3.59. The zero-order valence-electron chi connectivity index (χ0n) is 14.4. The van der Waals surface area contributed by atoms with Gasteiger partial charge in [-0.2, -0.15) is 0 Å². The smallest absolute Gasteiger partial charge is 0.261 e. The highest BCUT2D eigenvalue weighted by Crippen LogP contribution is 2.29. The summed E-state index contributed by atoms with van der Waals surface area (Å²) < 4.78 is 10.4. The van der Waals surface area contributed by atoms with Crippen molar-refractivity contribution in [2.24, 2.45) is 0 Å². The minimum Gasteiger partial charge on any atom is -0.493 e. The second-order valence-electron chi connectivity index (χ2n) is 5.50. The predicted molar refractivity (Wildman–Crippen MR) is 100.0 cm³/mol. The lowest BCUT2D eigenvalue weighted by atomic mass is 10.1. The predicted octanol–water partition coefficient (Wildman–Crippen LogP) is 3.31. The first-order valence-corrected chi connectivity index (χ1v) is 7.94. The topological polar surface area (TPSA) is 80.4 Å². The number of hydrogen-bond acceptors (Lipinski definition) is 4. The molecule has 0 fully saturated rings. The van der Waals surface area contributed by atoms with Gasteiger partial charge in [0.05, 0.1) is 14.2 Å². The Hall–Kier alpha value is -3.54. The molecule has 26 heavy (non-hydrogen) atoms. The Morgan fingerprint density at radius 2 is 1.65 bits per heavy atom. The number of H-pyrrole nitrogens is 1. The Kier molecular flexibility index (Phi) is 5.03. The van der Waals surface area contributed by atoms with Crippen molar-refractivity contribution in [3.05, 3.63) is 76.6 Å². The van der Waals surface area contributed by atoms with E-state index in [0.29, 0.717) is 22.9 Å². The normalized spacial score (nSPS) is 10.2. The molecule has 3 rings (SSSR count). The SMILES string of the molecule is COc1ccc(NC(=O)c2ccc(-c3ccccc3)[nH]c2=O)cc1OC. The van der Waals surface area contributed by atoms with Crippen LogP contribution in [0.15, 0.2) is 65.5 Å². The molecule has 6 nitrogen and oxygen atoms in total. The largest absolute Gasteiger partial charge is 0.493 e. The highest BCUT2D eigenvalue weighted by Gasteiger charge is 2.13. The maximum Gasteiger partial charge on any atom is 0.261 e. The maximum absolute atomic E-state index is 12.4. The molecule has 0 atom stereocenters. The Balaban J connectivity index is 1.83. The number of ether oxygens (including phenoxy) is 2. The van der Waals surface area contributed by atoms with Crippen molar-refractivity contribution in [1.29, 1.82) is 0 Å². The van der Waals surface area contributed by atoms with Crippen LogP contribution in [0.5, 0.6) is 11.5 Å². The summed E-state index contributed by atoms with van der Waals surface area (Å²) in [4.78, 5) is 27.5. The quantitative estimate of drug-likeness (QED) is 0.740. The van der Waals surface area contributed by atoms with Crippen LogP contribution in [0.1, 0.15) is 10.4 Å². The first-order chi connectivity index (χ1) is 12.6. The number of aromatic nitrogens is 1. The fraction of sp³-hybridized carbons (Fsp3) is 0.100. The molecular weight excluding hydrogens is 332 g/mol. The number of aromatic amines is 1. The van der Waals surface area contributed by atoms with Gasteiger partial charge in [-0.15, -0.1) is 0 Å². The third-order valence-corrected chi connectivity index (χ3v) is 3.88. The molecule has 0 spiro atoms. The van der Waals surface area contributed by atoms with Crippen LogP contribution in [0, 0.1) is 0 Å². The number of nitrogens with one attached hydrogen (secondary N) is 2. The number of hydrogen-bond donors (Lipinski definition) is 2. The van der Waals surface area contributed by atoms with Gasteiger partial charge in [0.25, 0.3) is 11.5 Å². The molecule has 1 heterocycles. The molecule has 0 radical (unpaired) electrons. The molecule has 0 aliphatic carbocycles. The molecule has 132 valence electrons. The first kappa shape index (κ1) is 17.3. The molecule has 0 unspecified atom stereocenters. The summed E-state index contributed by atoms with van der Waals surface area (Å²) >= 11 is 0. The summed E-state index contributed by atoms with van der Waals surface area (Å²) in [5.41, 5.74) is 1.60. The second kappa shape index (κ2) is 7.57. The van der Waals surface area contributed by atoms with Crippen molar-refractivity contribution in [1.82, 2.24) is 4.98 Å². The lowest BCUT2D eigenvalue weighted by molar-refractivity contribution is 0.102. The summed E-state index contributed by atoms with van der Waals surface area (Å²) in [6, 6.07) is 17.6. The monoisotopic (exact) mass is 350 g/mol. The Bertz CT molecular complexity index is 981. The number of pyridine rings is 1. The Morgan fingerprint density at radius 1 is 0.923 bits per heavy atom. The summed E-state index contributed by atoms with van der Waals surface area (Å²) in [5.74, 6) is 0.535. The van der Waals surface area contributed by atoms with Crippen molar-refractivity contribution in [2.45, 2.75) is 0 Å². The standard InChI is InChI=1S/C20H18N2O4/c1-25-17-11-8-14(12-18(17)26-2)21-19(23)15-9-10-16(22-20(15)24)13-6-4-3-5-7-13/h3-12H,1-2H3,(H,21,23)(H,22,24). The summed E-state index contributed by atoms with van der Waals surface area (Å²) in [5, 5.41) is 2.69. The molecule has 0 saturated heterocycles. The van der Waals surface area contributed by atoms with E-state index in [1.807, 2.05) is 30.3 Å².